The fraction of sp³-hybridized carbons (Fsp3) is 0.625. The molecule has 1 N–H and O–H groups in total. The van der Waals surface area contributed by atoms with Gasteiger partial charge in [0.05, 0.1) is 11.9 Å². The van der Waals surface area contributed by atoms with Gasteiger partial charge < -0.3 is 5.32 Å². The molecule has 0 amide bonds. The average Bonchev–Trinajstić information content (AvgIpc) is 2.51. The first-order chi connectivity index (χ1) is 6.13. The molecule has 0 spiro atoms. The van der Waals surface area contributed by atoms with Crippen molar-refractivity contribution in [1.29, 1.82) is 0 Å². The molecule has 0 fully saturated rings. The van der Waals surface area contributed by atoms with Crippen molar-refractivity contribution in [2.24, 2.45) is 4.99 Å². The third-order valence-corrected chi connectivity index (χ3v) is 2.69. The molecule has 0 aromatic carbocycles. The van der Waals surface area contributed by atoms with Gasteiger partial charge in [-0.05, 0) is 20.8 Å². The lowest BCUT2D eigenvalue weighted by Crippen LogP contribution is -2.23. The summed E-state index contributed by atoms with van der Waals surface area (Å²) in [7, 11) is 1.76. The Morgan fingerprint density at radius 3 is 2.69 bits per heavy atom. The van der Waals surface area contributed by atoms with E-state index in [1.165, 1.54) is 0 Å². The van der Waals surface area contributed by atoms with Gasteiger partial charge >= 0.3 is 0 Å². The van der Waals surface area contributed by atoms with Gasteiger partial charge in [0.1, 0.15) is 10.0 Å². The lowest BCUT2D eigenvalue weighted by molar-refractivity contribution is 0.695. The van der Waals surface area contributed by atoms with Gasteiger partial charge in [-0.25, -0.2) is 0 Å². The van der Waals surface area contributed by atoms with Crippen molar-refractivity contribution in [2.75, 3.05) is 7.05 Å². The summed E-state index contributed by atoms with van der Waals surface area (Å²) in [5, 5.41) is 13.2. The van der Waals surface area contributed by atoms with Crippen LogP contribution in [0.5, 0.6) is 0 Å². The van der Waals surface area contributed by atoms with Gasteiger partial charge in [-0.2, -0.15) is 0 Å². The molecule has 1 atom stereocenters. The van der Waals surface area contributed by atoms with E-state index in [1.807, 2.05) is 13.8 Å². The van der Waals surface area contributed by atoms with E-state index in [1.54, 1.807) is 18.4 Å². The zero-order valence-electron chi connectivity index (χ0n) is 8.33. The Labute approximate surface area is 82.1 Å². The second kappa shape index (κ2) is 4.32. The maximum absolute atomic E-state index is 4.05. The second-order valence-corrected chi connectivity index (χ2v) is 4.05. The summed E-state index contributed by atoms with van der Waals surface area (Å²) in [4.78, 5) is 4.02. The van der Waals surface area contributed by atoms with Crippen molar-refractivity contribution >= 4 is 17.2 Å². The first-order valence-electron chi connectivity index (χ1n) is 4.13. The standard InChI is InChI=1S/C8H14N4S/c1-5(10-6(2)9-4)8-12-11-7(3)13-8/h5H,1-4H3,(H,9,10). The molecule has 13 heavy (non-hydrogen) atoms. The van der Waals surface area contributed by atoms with Crippen LogP contribution in [0, 0.1) is 6.92 Å². The third-order valence-electron chi connectivity index (χ3n) is 1.67. The topological polar surface area (TPSA) is 50.2 Å². The highest BCUT2D eigenvalue weighted by atomic mass is 32.1. The minimum absolute atomic E-state index is 0.190. The van der Waals surface area contributed by atoms with Crippen LogP contribution in [-0.4, -0.2) is 23.1 Å². The predicted octanol–water partition coefficient (Wildman–Crippen LogP) is 1.55. The number of rotatable bonds is 2. The summed E-state index contributed by atoms with van der Waals surface area (Å²) >= 11 is 1.61. The Hall–Kier alpha value is -0.970. The zero-order valence-corrected chi connectivity index (χ0v) is 9.14. The lowest BCUT2D eigenvalue weighted by Gasteiger charge is -2.10. The van der Waals surface area contributed by atoms with Crippen LogP contribution in [0.25, 0.3) is 0 Å². The molecule has 1 aromatic rings. The van der Waals surface area contributed by atoms with Crippen LogP contribution in [0.3, 0.4) is 0 Å². The van der Waals surface area contributed by atoms with E-state index in [-0.39, 0.29) is 6.04 Å². The van der Waals surface area contributed by atoms with E-state index in [4.69, 9.17) is 0 Å². The van der Waals surface area contributed by atoms with Crippen LogP contribution in [0.2, 0.25) is 0 Å². The largest absolute Gasteiger partial charge is 0.365 e. The molecule has 0 radical (unpaired) electrons. The number of aryl methyl sites for hydroxylation is 1. The van der Waals surface area contributed by atoms with E-state index < -0.39 is 0 Å². The monoisotopic (exact) mass is 198 g/mol. The summed E-state index contributed by atoms with van der Waals surface area (Å²) in [5.74, 6) is 0.917. The summed E-state index contributed by atoms with van der Waals surface area (Å²) in [6.07, 6.45) is 0. The van der Waals surface area contributed by atoms with Crippen LogP contribution in [-0.2, 0) is 0 Å². The smallest absolute Gasteiger partial charge is 0.139 e. The van der Waals surface area contributed by atoms with Gasteiger partial charge in [0, 0.05) is 7.05 Å². The maximum Gasteiger partial charge on any atom is 0.139 e. The third kappa shape index (κ3) is 2.77. The molecule has 4 nitrogen and oxygen atoms in total. The highest BCUT2D eigenvalue weighted by Gasteiger charge is 2.09. The van der Waals surface area contributed by atoms with Crippen LogP contribution >= 0.6 is 11.3 Å². The summed E-state index contributed by atoms with van der Waals surface area (Å²) < 4.78 is 0. The number of nitrogens with one attached hydrogen (secondary N) is 1. The summed E-state index contributed by atoms with van der Waals surface area (Å²) in [5.41, 5.74) is 0. The van der Waals surface area contributed by atoms with Crippen molar-refractivity contribution in [3.63, 3.8) is 0 Å². The van der Waals surface area contributed by atoms with E-state index in [9.17, 15) is 0 Å². The Bertz CT molecular complexity index is 305. The Morgan fingerprint density at radius 1 is 1.54 bits per heavy atom. The minimum Gasteiger partial charge on any atom is -0.365 e. The highest BCUT2D eigenvalue weighted by Crippen LogP contribution is 2.16. The molecule has 0 saturated carbocycles. The molecule has 1 rings (SSSR count). The summed E-state index contributed by atoms with van der Waals surface area (Å²) in [6, 6.07) is 0.190. The highest BCUT2D eigenvalue weighted by molar-refractivity contribution is 7.11. The molecule has 0 aliphatic heterocycles. The van der Waals surface area contributed by atoms with E-state index >= 15 is 0 Å². The van der Waals surface area contributed by atoms with Crippen LogP contribution in [0.4, 0.5) is 0 Å². The number of hydrogen-bond acceptors (Lipinski definition) is 4. The van der Waals surface area contributed by atoms with Crippen molar-refractivity contribution in [3.05, 3.63) is 10.0 Å². The maximum atomic E-state index is 4.05. The molecule has 5 heteroatoms. The van der Waals surface area contributed by atoms with Gasteiger partial charge in [0.2, 0.25) is 0 Å². The van der Waals surface area contributed by atoms with E-state index in [2.05, 4.69) is 27.4 Å². The quantitative estimate of drug-likeness (QED) is 0.579. The Morgan fingerprint density at radius 2 is 2.23 bits per heavy atom. The fourth-order valence-corrected chi connectivity index (χ4v) is 1.63. The zero-order chi connectivity index (χ0) is 9.84. The molecular formula is C8H14N4S. The lowest BCUT2D eigenvalue weighted by atomic mass is 10.3. The Balaban J connectivity index is 2.63. The first-order valence-corrected chi connectivity index (χ1v) is 4.95. The molecule has 1 aromatic heterocycles. The Kier molecular flexibility index (Phi) is 3.36. The number of aromatic nitrogens is 2. The van der Waals surface area contributed by atoms with E-state index in [0.29, 0.717) is 0 Å². The molecule has 72 valence electrons. The predicted molar refractivity (Wildman–Crippen MR) is 55.2 cm³/mol. The van der Waals surface area contributed by atoms with Crippen molar-refractivity contribution in [2.45, 2.75) is 26.8 Å². The fourth-order valence-electron chi connectivity index (χ4n) is 0.926. The van der Waals surface area contributed by atoms with Crippen LogP contribution in [0.1, 0.15) is 29.9 Å². The van der Waals surface area contributed by atoms with Crippen LogP contribution < -0.4 is 5.32 Å². The number of nitrogens with zero attached hydrogens (tertiary/aromatic N) is 3. The van der Waals surface area contributed by atoms with Gasteiger partial charge in [0.15, 0.2) is 0 Å². The van der Waals surface area contributed by atoms with Gasteiger partial charge in [-0.3, -0.25) is 4.99 Å². The summed E-state index contributed by atoms with van der Waals surface area (Å²) in [6.45, 7) is 5.94. The van der Waals surface area contributed by atoms with Crippen molar-refractivity contribution < 1.29 is 0 Å². The first kappa shape index (κ1) is 10.1. The normalized spacial score (nSPS) is 14.3. The van der Waals surface area contributed by atoms with Crippen LogP contribution in [0.15, 0.2) is 4.99 Å². The second-order valence-electron chi connectivity index (χ2n) is 2.83. The SMILES string of the molecule is CN=C(C)NC(C)c1nnc(C)s1. The van der Waals surface area contributed by atoms with Gasteiger partial charge in [-0.1, -0.05) is 11.3 Å². The molecular weight excluding hydrogens is 184 g/mol. The number of hydrogen-bond donors (Lipinski definition) is 1. The number of aliphatic imine (C=N–C) groups is 1. The molecule has 1 unspecified atom stereocenters. The van der Waals surface area contributed by atoms with Crippen molar-refractivity contribution in [3.8, 4) is 0 Å². The van der Waals surface area contributed by atoms with Crippen molar-refractivity contribution in [1.82, 2.24) is 15.5 Å². The molecule has 1 heterocycles. The molecule has 0 bridgehead atoms. The van der Waals surface area contributed by atoms with E-state index in [0.717, 1.165) is 15.9 Å². The molecule has 0 aliphatic carbocycles. The number of amidine groups is 1. The minimum atomic E-state index is 0.190. The average molecular weight is 198 g/mol. The van der Waals surface area contributed by atoms with Gasteiger partial charge in [-0.15, -0.1) is 10.2 Å². The molecule has 0 aliphatic rings. The molecule has 0 saturated heterocycles. The van der Waals surface area contributed by atoms with Gasteiger partial charge in [0.25, 0.3) is 0 Å².